The molecule has 2 aromatic heterocycles. The maximum atomic E-state index is 9.20. The van der Waals surface area contributed by atoms with Gasteiger partial charge in [-0.3, -0.25) is 4.98 Å². The van der Waals surface area contributed by atoms with Gasteiger partial charge >= 0.3 is 0 Å². The minimum absolute atomic E-state index is 0.372. The first-order valence-electron chi connectivity index (χ1n) is 5.29. The van der Waals surface area contributed by atoms with Gasteiger partial charge < -0.3 is 4.74 Å². The van der Waals surface area contributed by atoms with Crippen LogP contribution in [0.3, 0.4) is 0 Å². The molecule has 0 bridgehead atoms. The van der Waals surface area contributed by atoms with E-state index in [-0.39, 0.29) is 0 Å². The Kier molecular flexibility index (Phi) is 3.31. The summed E-state index contributed by atoms with van der Waals surface area (Å²) in [6.07, 6.45) is 5.04. The minimum Gasteiger partial charge on any atom is -0.477 e. The zero-order valence-corrected chi connectivity index (χ0v) is 9.42. The Morgan fingerprint density at radius 1 is 1.35 bits per heavy atom. The number of hydrogen-bond acceptors (Lipinski definition) is 4. The van der Waals surface area contributed by atoms with Gasteiger partial charge in [0.05, 0.1) is 6.61 Å². The molecule has 2 rings (SSSR count). The highest BCUT2D eigenvalue weighted by Crippen LogP contribution is 2.27. The summed E-state index contributed by atoms with van der Waals surface area (Å²) in [6, 6.07) is 7.65. The Labute approximate surface area is 99.5 Å². The molecule has 0 saturated carbocycles. The quantitative estimate of drug-likeness (QED) is 0.804. The molecule has 0 N–H and O–H groups in total. The van der Waals surface area contributed by atoms with E-state index in [9.17, 15) is 5.26 Å². The molecule has 4 heteroatoms. The first-order valence-corrected chi connectivity index (χ1v) is 5.29. The van der Waals surface area contributed by atoms with Gasteiger partial charge in [0, 0.05) is 29.7 Å². The van der Waals surface area contributed by atoms with E-state index in [2.05, 4.69) is 16.0 Å². The van der Waals surface area contributed by atoms with Gasteiger partial charge in [-0.2, -0.15) is 5.26 Å². The second-order valence-corrected chi connectivity index (χ2v) is 3.33. The van der Waals surface area contributed by atoms with Gasteiger partial charge in [-0.25, -0.2) is 4.98 Å². The van der Waals surface area contributed by atoms with E-state index in [1.165, 1.54) is 0 Å². The zero-order chi connectivity index (χ0) is 12.1. The predicted molar refractivity (Wildman–Crippen MR) is 63.4 cm³/mol. The SMILES string of the molecule is CCOc1nccc(-c2cccnc2)c1C#N. The van der Waals surface area contributed by atoms with Gasteiger partial charge in [-0.05, 0) is 19.1 Å². The first-order chi connectivity index (χ1) is 8.36. The van der Waals surface area contributed by atoms with Crippen LogP contribution < -0.4 is 4.74 Å². The summed E-state index contributed by atoms with van der Waals surface area (Å²) < 4.78 is 5.34. The van der Waals surface area contributed by atoms with Crippen LogP contribution in [0, 0.1) is 11.3 Å². The van der Waals surface area contributed by atoms with Crippen molar-refractivity contribution in [2.75, 3.05) is 6.61 Å². The van der Waals surface area contributed by atoms with Gasteiger partial charge in [0.1, 0.15) is 11.6 Å². The highest BCUT2D eigenvalue weighted by Gasteiger charge is 2.11. The van der Waals surface area contributed by atoms with Gasteiger partial charge in [0.25, 0.3) is 0 Å². The number of rotatable bonds is 3. The monoisotopic (exact) mass is 225 g/mol. The number of pyridine rings is 2. The van der Waals surface area contributed by atoms with Crippen molar-refractivity contribution in [1.82, 2.24) is 9.97 Å². The second-order valence-electron chi connectivity index (χ2n) is 3.33. The lowest BCUT2D eigenvalue weighted by molar-refractivity contribution is 0.326. The molecule has 4 nitrogen and oxygen atoms in total. The second kappa shape index (κ2) is 5.08. The molecule has 0 unspecified atom stereocenters. The van der Waals surface area contributed by atoms with E-state index in [0.29, 0.717) is 18.1 Å². The van der Waals surface area contributed by atoms with Gasteiger partial charge in [0.15, 0.2) is 0 Å². The number of ether oxygens (including phenoxy) is 1. The summed E-state index contributed by atoms with van der Waals surface area (Å²) in [5, 5.41) is 9.20. The third-order valence-electron chi connectivity index (χ3n) is 2.28. The van der Waals surface area contributed by atoms with Crippen molar-refractivity contribution >= 4 is 0 Å². The Morgan fingerprint density at radius 2 is 2.24 bits per heavy atom. The molecule has 84 valence electrons. The topological polar surface area (TPSA) is 58.8 Å². The lowest BCUT2D eigenvalue weighted by Gasteiger charge is -2.08. The van der Waals surface area contributed by atoms with Crippen LogP contribution in [-0.2, 0) is 0 Å². The van der Waals surface area contributed by atoms with Crippen molar-refractivity contribution < 1.29 is 4.74 Å². The minimum atomic E-state index is 0.372. The average molecular weight is 225 g/mol. The molecule has 17 heavy (non-hydrogen) atoms. The summed E-state index contributed by atoms with van der Waals surface area (Å²) >= 11 is 0. The van der Waals surface area contributed by atoms with Crippen LogP contribution in [0.2, 0.25) is 0 Å². The normalized spacial score (nSPS) is 9.65. The average Bonchev–Trinajstić information content (AvgIpc) is 2.40. The van der Waals surface area contributed by atoms with E-state index in [1.54, 1.807) is 24.7 Å². The number of aromatic nitrogens is 2. The molecule has 0 spiro atoms. The smallest absolute Gasteiger partial charge is 0.232 e. The number of nitriles is 1. The fourth-order valence-electron chi connectivity index (χ4n) is 1.56. The Balaban J connectivity index is 2.56. The molecule has 0 aliphatic rings. The molecule has 2 aromatic rings. The van der Waals surface area contributed by atoms with E-state index >= 15 is 0 Å². The van der Waals surface area contributed by atoms with Crippen molar-refractivity contribution in [2.24, 2.45) is 0 Å². The summed E-state index contributed by atoms with van der Waals surface area (Å²) in [5.74, 6) is 0.372. The van der Waals surface area contributed by atoms with Crippen LogP contribution in [0.5, 0.6) is 5.88 Å². The maximum Gasteiger partial charge on any atom is 0.232 e. The molecule has 0 aliphatic heterocycles. The van der Waals surface area contributed by atoms with Gasteiger partial charge in [-0.15, -0.1) is 0 Å². The van der Waals surface area contributed by atoms with Crippen LogP contribution in [0.15, 0.2) is 36.8 Å². The molecule has 0 aliphatic carbocycles. The molecule has 0 saturated heterocycles. The van der Waals surface area contributed by atoms with E-state index in [0.717, 1.165) is 11.1 Å². The van der Waals surface area contributed by atoms with Crippen molar-refractivity contribution in [1.29, 1.82) is 5.26 Å². The van der Waals surface area contributed by atoms with Crippen LogP contribution in [0.4, 0.5) is 0 Å². The molecule has 0 atom stereocenters. The highest BCUT2D eigenvalue weighted by atomic mass is 16.5. The maximum absolute atomic E-state index is 9.20. The lowest BCUT2D eigenvalue weighted by atomic mass is 10.0. The van der Waals surface area contributed by atoms with Crippen LogP contribution >= 0.6 is 0 Å². The van der Waals surface area contributed by atoms with Crippen molar-refractivity contribution in [3.8, 4) is 23.1 Å². The molecular formula is C13H11N3O. The summed E-state index contributed by atoms with van der Waals surface area (Å²) in [6.45, 7) is 2.34. The molecule has 0 fully saturated rings. The van der Waals surface area contributed by atoms with E-state index < -0.39 is 0 Å². The molecule has 0 amide bonds. The number of hydrogen-bond donors (Lipinski definition) is 0. The van der Waals surface area contributed by atoms with E-state index in [1.807, 2.05) is 19.1 Å². The number of nitrogens with zero attached hydrogens (tertiary/aromatic N) is 3. The highest BCUT2D eigenvalue weighted by molar-refractivity contribution is 5.71. The largest absolute Gasteiger partial charge is 0.477 e. The van der Waals surface area contributed by atoms with Crippen LogP contribution in [0.1, 0.15) is 12.5 Å². The fourth-order valence-corrected chi connectivity index (χ4v) is 1.56. The third kappa shape index (κ3) is 2.23. The van der Waals surface area contributed by atoms with Crippen molar-refractivity contribution in [3.63, 3.8) is 0 Å². The molecule has 2 heterocycles. The molecule has 0 radical (unpaired) electrons. The third-order valence-corrected chi connectivity index (χ3v) is 2.28. The summed E-state index contributed by atoms with van der Waals surface area (Å²) in [5.41, 5.74) is 2.12. The van der Waals surface area contributed by atoms with Crippen molar-refractivity contribution in [3.05, 3.63) is 42.4 Å². The van der Waals surface area contributed by atoms with Gasteiger partial charge in [-0.1, -0.05) is 6.07 Å². The Morgan fingerprint density at radius 3 is 2.88 bits per heavy atom. The molecule has 0 aromatic carbocycles. The zero-order valence-electron chi connectivity index (χ0n) is 9.42. The molecular weight excluding hydrogens is 214 g/mol. The Bertz CT molecular complexity index is 546. The van der Waals surface area contributed by atoms with Crippen LogP contribution in [0.25, 0.3) is 11.1 Å². The standard InChI is InChI=1S/C13H11N3O/c1-2-17-13-12(8-14)11(5-7-16-13)10-4-3-6-15-9-10/h3-7,9H,2H2,1H3. The summed E-state index contributed by atoms with van der Waals surface area (Å²) in [7, 11) is 0. The Hall–Kier alpha value is -2.41. The lowest BCUT2D eigenvalue weighted by Crippen LogP contribution is -1.98. The predicted octanol–water partition coefficient (Wildman–Crippen LogP) is 2.41. The van der Waals surface area contributed by atoms with Gasteiger partial charge in [0.2, 0.25) is 5.88 Å². The fraction of sp³-hybridized carbons (Fsp3) is 0.154. The first kappa shape index (κ1) is 11.1. The summed E-state index contributed by atoms with van der Waals surface area (Å²) in [4.78, 5) is 8.10. The van der Waals surface area contributed by atoms with Crippen molar-refractivity contribution in [2.45, 2.75) is 6.92 Å². The van der Waals surface area contributed by atoms with Crippen LogP contribution in [-0.4, -0.2) is 16.6 Å². The van der Waals surface area contributed by atoms with E-state index in [4.69, 9.17) is 4.74 Å².